The molecule has 1 aromatic heterocycles. The van der Waals surface area contributed by atoms with Gasteiger partial charge in [0.2, 0.25) is 0 Å². The number of hydrogen-bond donors (Lipinski definition) is 1. The van der Waals surface area contributed by atoms with E-state index in [1.807, 2.05) is 10.9 Å². The average molecular weight is 176 g/mol. The lowest BCUT2D eigenvalue weighted by Crippen LogP contribution is -2.00. The van der Waals surface area contributed by atoms with Crippen molar-refractivity contribution in [2.45, 2.75) is 26.4 Å². The Morgan fingerprint density at radius 2 is 2.27 bits per heavy atom. The number of rotatable bonds is 2. The van der Waals surface area contributed by atoms with E-state index in [9.17, 15) is 0 Å². The summed E-state index contributed by atoms with van der Waals surface area (Å²) in [6.45, 7) is 4.76. The number of nitrogens with two attached hydrogens (primary N) is 1. The quantitative estimate of drug-likeness (QED) is 0.738. The van der Waals surface area contributed by atoms with Crippen LogP contribution in [0.1, 0.15) is 25.5 Å². The fourth-order valence-corrected chi connectivity index (χ4v) is 0.765. The van der Waals surface area contributed by atoms with Gasteiger partial charge < -0.3 is 5.73 Å². The van der Waals surface area contributed by atoms with Gasteiger partial charge in [0.1, 0.15) is 0 Å². The van der Waals surface area contributed by atoms with Crippen molar-refractivity contribution in [2.75, 3.05) is 0 Å². The summed E-state index contributed by atoms with van der Waals surface area (Å²) < 4.78 is 1.90. The lowest BCUT2D eigenvalue weighted by molar-refractivity contribution is 0.532. The molecule has 0 aromatic carbocycles. The van der Waals surface area contributed by atoms with E-state index < -0.39 is 0 Å². The lowest BCUT2D eigenvalue weighted by Gasteiger charge is -2.02. The largest absolute Gasteiger partial charge is 0.326 e. The molecule has 0 atom stereocenters. The van der Waals surface area contributed by atoms with Crippen LogP contribution in [0.2, 0.25) is 0 Å². The van der Waals surface area contributed by atoms with Crippen LogP contribution in [-0.2, 0) is 6.54 Å². The molecule has 0 aliphatic carbocycles. The molecule has 0 aliphatic heterocycles. The van der Waals surface area contributed by atoms with Crippen LogP contribution >= 0.6 is 12.4 Å². The maximum Gasteiger partial charge on any atom is 0.0534 e. The summed E-state index contributed by atoms with van der Waals surface area (Å²) in [6.07, 6.45) is 3.78. The molecule has 0 unspecified atom stereocenters. The van der Waals surface area contributed by atoms with E-state index in [2.05, 4.69) is 18.9 Å². The smallest absolute Gasteiger partial charge is 0.0534 e. The Bertz CT molecular complexity index is 207. The van der Waals surface area contributed by atoms with Crippen molar-refractivity contribution in [1.29, 1.82) is 0 Å². The van der Waals surface area contributed by atoms with Gasteiger partial charge >= 0.3 is 0 Å². The molecule has 1 aromatic rings. The fraction of sp³-hybridized carbons (Fsp3) is 0.571. The maximum absolute atomic E-state index is 5.41. The molecule has 2 N–H and O–H groups in total. The first-order valence-electron chi connectivity index (χ1n) is 3.47. The predicted octanol–water partition coefficient (Wildman–Crippen LogP) is 1.34. The van der Waals surface area contributed by atoms with Crippen LogP contribution in [0, 0.1) is 0 Å². The van der Waals surface area contributed by atoms with Crippen molar-refractivity contribution in [3.63, 3.8) is 0 Å². The molecule has 0 fully saturated rings. The zero-order valence-corrected chi connectivity index (χ0v) is 7.64. The number of nitrogens with zero attached hydrogens (tertiary/aromatic N) is 2. The van der Waals surface area contributed by atoms with E-state index in [4.69, 9.17) is 5.73 Å². The summed E-state index contributed by atoms with van der Waals surface area (Å²) in [5.41, 5.74) is 6.50. The molecule has 0 bridgehead atoms. The van der Waals surface area contributed by atoms with Gasteiger partial charge in [-0.15, -0.1) is 12.4 Å². The second-order valence-corrected chi connectivity index (χ2v) is 2.63. The molecular formula is C7H14ClN3. The SMILES string of the molecule is CC(C)n1cc(CN)cn1.Cl. The number of hydrogen-bond acceptors (Lipinski definition) is 2. The van der Waals surface area contributed by atoms with Gasteiger partial charge in [0, 0.05) is 24.3 Å². The van der Waals surface area contributed by atoms with Gasteiger partial charge in [-0.05, 0) is 13.8 Å². The third-order valence-corrected chi connectivity index (χ3v) is 1.42. The molecule has 3 nitrogen and oxygen atoms in total. The molecule has 1 rings (SSSR count). The Morgan fingerprint density at radius 3 is 2.55 bits per heavy atom. The molecule has 4 heteroatoms. The van der Waals surface area contributed by atoms with Crippen molar-refractivity contribution < 1.29 is 0 Å². The minimum atomic E-state index is 0. The first-order valence-corrected chi connectivity index (χ1v) is 3.47. The van der Waals surface area contributed by atoms with Gasteiger partial charge in [0.25, 0.3) is 0 Å². The predicted molar refractivity (Wildman–Crippen MR) is 47.8 cm³/mol. The molecule has 0 amide bonds. The Morgan fingerprint density at radius 1 is 1.64 bits per heavy atom. The lowest BCUT2D eigenvalue weighted by atomic mass is 10.3. The highest BCUT2D eigenvalue weighted by molar-refractivity contribution is 5.85. The van der Waals surface area contributed by atoms with Crippen LogP contribution in [-0.4, -0.2) is 9.78 Å². The van der Waals surface area contributed by atoms with Crippen LogP contribution in [0.4, 0.5) is 0 Å². The zero-order chi connectivity index (χ0) is 7.56. The Balaban J connectivity index is 0.000001000. The molecule has 0 aliphatic rings. The third kappa shape index (κ3) is 2.52. The molecule has 0 saturated heterocycles. The summed E-state index contributed by atoms with van der Waals surface area (Å²) in [5.74, 6) is 0. The van der Waals surface area contributed by atoms with Crippen molar-refractivity contribution in [2.24, 2.45) is 5.73 Å². The van der Waals surface area contributed by atoms with Crippen molar-refractivity contribution in [1.82, 2.24) is 9.78 Å². The highest BCUT2D eigenvalue weighted by atomic mass is 35.5. The average Bonchev–Trinajstić information content (AvgIpc) is 2.34. The van der Waals surface area contributed by atoms with Gasteiger partial charge in [-0.1, -0.05) is 0 Å². The highest BCUT2D eigenvalue weighted by Gasteiger charge is 1.98. The molecule has 1 heterocycles. The van der Waals surface area contributed by atoms with E-state index in [-0.39, 0.29) is 12.4 Å². The van der Waals surface area contributed by atoms with Gasteiger partial charge in [-0.3, -0.25) is 4.68 Å². The molecule has 11 heavy (non-hydrogen) atoms. The minimum Gasteiger partial charge on any atom is -0.326 e. The molecule has 0 radical (unpaired) electrons. The minimum absolute atomic E-state index is 0. The molecule has 0 saturated carbocycles. The van der Waals surface area contributed by atoms with Crippen LogP contribution in [0.25, 0.3) is 0 Å². The van der Waals surface area contributed by atoms with E-state index in [1.54, 1.807) is 6.20 Å². The van der Waals surface area contributed by atoms with Gasteiger partial charge in [0.15, 0.2) is 0 Å². The Labute approximate surface area is 73.0 Å². The van der Waals surface area contributed by atoms with Crippen LogP contribution in [0.5, 0.6) is 0 Å². The summed E-state index contributed by atoms with van der Waals surface area (Å²) >= 11 is 0. The zero-order valence-electron chi connectivity index (χ0n) is 6.82. The van der Waals surface area contributed by atoms with Gasteiger partial charge in [-0.25, -0.2) is 0 Å². The Hall–Kier alpha value is -0.540. The van der Waals surface area contributed by atoms with Crippen LogP contribution in [0.3, 0.4) is 0 Å². The van der Waals surface area contributed by atoms with Crippen LogP contribution in [0.15, 0.2) is 12.4 Å². The number of halogens is 1. The topological polar surface area (TPSA) is 43.8 Å². The summed E-state index contributed by atoms with van der Waals surface area (Å²) in [7, 11) is 0. The van der Waals surface area contributed by atoms with Crippen molar-refractivity contribution in [3.05, 3.63) is 18.0 Å². The van der Waals surface area contributed by atoms with Crippen molar-refractivity contribution in [3.8, 4) is 0 Å². The summed E-state index contributed by atoms with van der Waals surface area (Å²) in [5, 5.41) is 4.12. The first kappa shape index (κ1) is 10.5. The fourth-order valence-electron chi connectivity index (χ4n) is 0.765. The van der Waals surface area contributed by atoms with Gasteiger partial charge in [0.05, 0.1) is 6.20 Å². The molecule has 0 spiro atoms. The maximum atomic E-state index is 5.41. The summed E-state index contributed by atoms with van der Waals surface area (Å²) in [4.78, 5) is 0. The van der Waals surface area contributed by atoms with Crippen LogP contribution < -0.4 is 5.73 Å². The number of aromatic nitrogens is 2. The standard InChI is InChI=1S/C7H13N3.ClH/c1-6(2)10-5-7(3-8)4-9-10;/h4-6H,3,8H2,1-2H3;1H. The Kier molecular flexibility index (Phi) is 4.15. The summed E-state index contributed by atoms with van der Waals surface area (Å²) in [6, 6.07) is 0.431. The molecule has 64 valence electrons. The van der Waals surface area contributed by atoms with E-state index in [0.717, 1.165) is 5.56 Å². The monoisotopic (exact) mass is 175 g/mol. The third-order valence-electron chi connectivity index (χ3n) is 1.42. The van der Waals surface area contributed by atoms with Crippen molar-refractivity contribution >= 4 is 12.4 Å². The second kappa shape index (κ2) is 4.36. The first-order chi connectivity index (χ1) is 4.74. The van der Waals surface area contributed by atoms with E-state index >= 15 is 0 Å². The van der Waals surface area contributed by atoms with Gasteiger partial charge in [-0.2, -0.15) is 5.10 Å². The molecular weight excluding hydrogens is 162 g/mol. The van der Waals surface area contributed by atoms with E-state index in [1.165, 1.54) is 0 Å². The second-order valence-electron chi connectivity index (χ2n) is 2.63. The normalized spacial score (nSPS) is 9.82. The van der Waals surface area contributed by atoms with E-state index in [0.29, 0.717) is 12.6 Å². The highest BCUT2D eigenvalue weighted by Crippen LogP contribution is 2.03.